The molecular formula is C7H8N2O3. The number of Topliss-reactive ketones (excluding diaryl/α,β-unsaturated/α-hetero) is 1. The van der Waals surface area contributed by atoms with Gasteiger partial charge in [0.05, 0.1) is 0 Å². The Hall–Kier alpha value is -1.78. The molecule has 1 heterocycles. The van der Waals surface area contributed by atoms with Crippen LogP contribution in [-0.4, -0.2) is 26.8 Å². The molecular weight excluding hydrogens is 160 g/mol. The number of hydrogen-bond donors (Lipinski definition) is 1. The topological polar surface area (TPSA) is 80.2 Å². The molecule has 0 saturated carbocycles. The largest absolute Gasteiger partial charge is 0.476 e. The van der Waals surface area contributed by atoms with E-state index in [9.17, 15) is 9.59 Å². The zero-order valence-corrected chi connectivity index (χ0v) is 6.47. The first-order valence-electron chi connectivity index (χ1n) is 3.08. The van der Waals surface area contributed by atoms with Crippen molar-refractivity contribution in [2.24, 2.45) is 0 Å². The molecule has 0 unspecified atom stereocenters. The van der Waals surface area contributed by atoms with Gasteiger partial charge in [-0.05, 0) is 6.07 Å². The Kier molecular flexibility index (Phi) is 5.08. The number of carboxylic acids is 1. The number of ketones is 1. The molecule has 5 heteroatoms. The van der Waals surface area contributed by atoms with Gasteiger partial charge in [-0.1, -0.05) is 0 Å². The number of rotatable bonds is 1. The van der Waals surface area contributed by atoms with E-state index in [1.165, 1.54) is 6.33 Å². The van der Waals surface area contributed by atoms with E-state index in [1.54, 1.807) is 18.5 Å². The highest BCUT2D eigenvalue weighted by molar-refractivity contribution is 6.31. The fourth-order valence-electron chi connectivity index (χ4n) is 0.253. The molecule has 1 aromatic heterocycles. The molecule has 1 N–H and O–H groups in total. The van der Waals surface area contributed by atoms with Crippen molar-refractivity contribution in [2.75, 3.05) is 0 Å². The average molecular weight is 168 g/mol. The summed E-state index contributed by atoms with van der Waals surface area (Å²) in [6, 6.07) is 1.78. The van der Waals surface area contributed by atoms with Crippen LogP contribution in [0.15, 0.2) is 24.8 Å². The average Bonchev–Trinajstić information content (AvgIpc) is 2.08. The van der Waals surface area contributed by atoms with E-state index in [0.717, 1.165) is 6.92 Å². The number of aliphatic carboxylic acids is 1. The summed E-state index contributed by atoms with van der Waals surface area (Å²) in [4.78, 5) is 26.2. The summed E-state index contributed by atoms with van der Waals surface area (Å²) in [6.07, 6.45) is 4.88. The van der Waals surface area contributed by atoms with Crippen molar-refractivity contribution < 1.29 is 14.7 Å². The van der Waals surface area contributed by atoms with Crippen molar-refractivity contribution in [1.29, 1.82) is 0 Å². The molecule has 0 aliphatic rings. The Morgan fingerprint density at radius 1 is 1.25 bits per heavy atom. The van der Waals surface area contributed by atoms with Gasteiger partial charge in [0.1, 0.15) is 6.33 Å². The standard InChI is InChI=1S/C4H4N2.C3H4O3/c1-2-5-4-6-3-1;1-2(4)3(5)6/h1-4H;1H3,(H,5,6). The maximum atomic E-state index is 9.54. The van der Waals surface area contributed by atoms with Crippen molar-refractivity contribution in [3.8, 4) is 0 Å². The van der Waals surface area contributed by atoms with Crippen LogP contribution in [0.3, 0.4) is 0 Å². The summed E-state index contributed by atoms with van der Waals surface area (Å²) in [7, 11) is 0. The molecule has 1 rings (SSSR count). The number of carbonyl (C=O) groups excluding carboxylic acids is 1. The smallest absolute Gasteiger partial charge is 0.371 e. The normalized spacial score (nSPS) is 7.75. The highest BCUT2D eigenvalue weighted by atomic mass is 16.4. The lowest BCUT2D eigenvalue weighted by Gasteiger charge is -1.73. The summed E-state index contributed by atoms with van der Waals surface area (Å²) in [5, 5.41) is 7.64. The van der Waals surface area contributed by atoms with E-state index in [-0.39, 0.29) is 0 Å². The number of aromatic nitrogens is 2. The second-order valence-electron chi connectivity index (χ2n) is 1.77. The molecule has 12 heavy (non-hydrogen) atoms. The Morgan fingerprint density at radius 2 is 1.67 bits per heavy atom. The van der Waals surface area contributed by atoms with E-state index in [4.69, 9.17) is 5.11 Å². The second kappa shape index (κ2) is 5.96. The van der Waals surface area contributed by atoms with Crippen LogP contribution in [-0.2, 0) is 9.59 Å². The fraction of sp³-hybridized carbons (Fsp3) is 0.143. The van der Waals surface area contributed by atoms with Crippen molar-refractivity contribution in [3.63, 3.8) is 0 Å². The van der Waals surface area contributed by atoms with Crippen LogP contribution >= 0.6 is 0 Å². The van der Waals surface area contributed by atoms with Crippen LogP contribution in [0, 0.1) is 0 Å². The molecule has 0 radical (unpaired) electrons. The van der Waals surface area contributed by atoms with Gasteiger partial charge in [-0.3, -0.25) is 4.79 Å². The molecule has 1 aromatic rings. The number of hydrogen-bond acceptors (Lipinski definition) is 4. The van der Waals surface area contributed by atoms with E-state index < -0.39 is 11.8 Å². The summed E-state index contributed by atoms with van der Waals surface area (Å²) in [6.45, 7) is 1.00. The van der Waals surface area contributed by atoms with Gasteiger partial charge in [0.25, 0.3) is 0 Å². The van der Waals surface area contributed by atoms with Crippen molar-refractivity contribution in [2.45, 2.75) is 6.92 Å². The van der Waals surface area contributed by atoms with E-state index in [0.29, 0.717) is 0 Å². The van der Waals surface area contributed by atoms with Gasteiger partial charge in [-0.25, -0.2) is 14.8 Å². The van der Waals surface area contributed by atoms with E-state index in [1.807, 2.05) is 0 Å². The summed E-state index contributed by atoms with van der Waals surface area (Å²) < 4.78 is 0. The molecule has 0 spiro atoms. The van der Waals surface area contributed by atoms with Gasteiger partial charge in [-0.2, -0.15) is 0 Å². The van der Waals surface area contributed by atoms with E-state index >= 15 is 0 Å². The number of nitrogens with zero attached hydrogens (tertiary/aromatic N) is 2. The predicted octanol–water partition coefficient (Wildman–Crippen LogP) is 0.137. The SMILES string of the molecule is CC(=O)C(=O)O.c1cncnc1. The van der Waals surface area contributed by atoms with Crippen molar-refractivity contribution in [3.05, 3.63) is 24.8 Å². The fourth-order valence-corrected chi connectivity index (χ4v) is 0.253. The predicted molar refractivity (Wildman–Crippen MR) is 40.3 cm³/mol. The zero-order valence-electron chi connectivity index (χ0n) is 6.47. The lowest BCUT2D eigenvalue weighted by molar-refractivity contribution is -0.148. The first-order chi connectivity index (χ1) is 5.64. The van der Waals surface area contributed by atoms with Crippen LogP contribution in [0.4, 0.5) is 0 Å². The molecule has 0 amide bonds. The molecule has 64 valence electrons. The molecule has 5 nitrogen and oxygen atoms in total. The van der Waals surface area contributed by atoms with Gasteiger partial charge in [0.2, 0.25) is 5.78 Å². The van der Waals surface area contributed by atoms with Crippen LogP contribution in [0.25, 0.3) is 0 Å². The third kappa shape index (κ3) is 6.34. The molecule has 0 aliphatic heterocycles. The summed E-state index contributed by atoms with van der Waals surface area (Å²) in [5.41, 5.74) is 0. The highest BCUT2D eigenvalue weighted by Gasteiger charge is 1.98. The molecule has 0 fully saturated rings. The van der Waals surface area contributed by atoms with Gasteiger partial charge < -0.3 is 5.11 Å². The minimum absolute atomic E-state index is 0.824. The van der Waals surface area contributed by atoms with Crippen LogP contribution in [0.1, 0.15) is 6.92 Å². The summed E-state index contributed by atoms with van der Waals surface area (Å²) in [5.74, 6) is -2.20. The van der Waals surface area contributed by atoms with Crippen molar-refractivity contribution >= 4 is 11.8 Å². The van der Waals surface area contributed by atoms with Crippen LogP contribution in [0.5, 0.6) is 0 Å². The Bertz CT molecular complexity index is 209. The molecule has 0 bridgehead atoms. The highest BCUT2D eigenvalue weighted by Crippen LogP contribution is 1.66. The molecule has 0 aliphatic carbocycles. The minimum Gasteiger partial charge on any atom is -0.476 e. The first kappa shape index (κ1) is 10.2. The van der Waals surface area contributed by atoms with E-state index in [2.05, 4.69) is 9.97 Å². The molecule has 0 aromatic carbocycles. The lowest BCUT2D eigenvalue weighted by atomic mass is 10.5. The van der Waals surface area contributed by atoms with Gasteiger partial charge in [0.15, 0.2) is 0 Å². The monoisotopic (exact) mass is 168 g/mol. The third-order valence-electron chi connectivity index (χ3n) is 0.779. The Labute approximate surface area is 69.1 Å². The summed E-state index contributed by atoms with van der Waals surface area (Å²) >= 11 is 0. The van der Waals surface area contributed by atoms with Crippen molar-refractivity contribution in [1.82, 2.24) is 9.97 Å². The second-order valence-corrected chi connectivity index (χ2v) is 1.77. The van der Waals surface area contributed by atoms with Gasteiger partial charge >= 0.3 is 5.97 Å². The Balaban J connectivity index is 0.000000202. The maximum Gasteiger partial charge on any atom is 0.371 e. The third-order valence-corrected chi connectivity index (χ3v) is 0.779. The minimum atomic E-state index is -1.38. The quantitative estimate of drug-likeness (QED) is 0.603. The van der Waals surface area contributed by atoms with Crippen LogP contribution in [0.2, 0.25) is 0 Å². The lowest BCUT2D eigenvalue weighted by Crippen LogP contribution is -2.05. The Morgan fingerprint density at radius 3 is 1.75 bits per heavy atom. The zero-order chi connectivity index (χ0) is 9.40. The number of carbonyl (C=O) groups is 2. The van der Waals surface area contributed by atoms with Crippen LogP contribution < -0.4 is 0 Å². The van der Waals surface area contributed by atoms with Gasteiger partial charge in [0, 0.05) is 19.3 Å². The molecule has 0 atom stereocenters. The number of carboxylic acid groups (broad SMARTS) is 1. The van der Waals surface area contributed by atoms with Gasteiger partial charge in [-0.15, -0.1) is 0 Å². The first-order valence-corrected chi connectivity index (χ1v) is 3.08. The molecule has 0 saturated heterocycles. The maximum absolute atomic E-state index is 9.54.